The fourth-order valence-electron chi connectivity index (χ4n) is 3.52. The molecule has 134 valence electrons. The minimum Gasteiger partial charge on any atom is -0.479 e. The highest BCUT2D eigenvalue weighted by molar-refractivity contribution is 5.90. The first-order valence-corrected chi connectivity index (χ1v) is 8.10. The van der Waals surface area contributed by atoms with Gasteiger partial charge < -0.3 is 9.84 Å². The molecule has 0 aliphatic heterocycles. The zero-order chi connectivity index (χ0) is 18.5. The summed E-state index contributed by atoms with van der Waals surface area (Å²) in [7, 11) is 0. The molecule has 1 amide bonds. The van der Waals surface area contributed by atoms with Crippen molar-refractivity contribution in [2.45, 2.75) is 23.8 Å². The Labute approximate surface area is 147 Å². The van der Waals surface area contributed by atoms with Crippen molar-refractivity contribution in [3.63, 3.8) is 0 Å². The molecule has 4 rings (SSSR count). The lowest BCUT2D eigenvalue weighted by molar-refractivity contribution is -0.143. The molecule has 2 aromatic rings. The molecular weight excluding hydrogens is 344 g/mol. The largest absolute Gasteiger partial charge is 0.479 e. The number of carboxylic acids is 1. The van der Waals surface area contributed by atoms with Crippen LogP contribution in [-0.2, 0) is 9.53 Å². The monoisotopic (exact) mass is 359 g/mol. The summed E-state index contributed by atoms with van der Waals surface area (Å²) in [6, 6.07) is 15.4. The van der Waals surface area contributed by atoms with E-state index >= 15 is 0 Å². The topological polar surface area (TPSA) is 75.6 Å². The Bertz CT molecular complexity index is 868. The van der Waals surface area contributed by atoms with Crippen molar-refractivity contribution < 1.29 is 28.2 Å². The highest BCUT2D eigenvalue weighted by Gasteiger charge is 2.78. The van der Waals surface area contributed by atoms with Crippen LogP contribution < -0.4 is 5.32 Å². The number of halogens is 2. The second-order valence-corrected chi connectivity index (χ2v) is 6.54. The summed E-state index contributed by atoms with van der Waals surface area (Å²) in [6.07, 6.45) is -2.09. The lowest BCUT2D eigenvalue weighted by atomic mass is 9.98. The van der Waals surface area contributed by atoms with Gasteiger partial charge in [0.15, 0.2) is 0 Å². The van der Waals surface area contributed by atoms with E-state index in [-0.39, 0.29) is 12.5 Å². The number of ether oxygens (including phenoxy) is 1. The molecule has 0 aromatic heterocycles. The first-order chi connectivity index (χ1) is 12.4. The summed E-state index contributed by atoms with van der Waals surface area (Å²) >= 11 is 0. The van der Waals surface area contributed by atoms with Gasteiger partial charge >= 0.3 is 12.1 Å². The third kappa shape index (κ3) is 2.34. The summed E-state index contributed by atoms with van der Waals surface area (Å²) < 4.78 is 31.8. The summed E-state index contributed by atoms with van der Waals surface area (Å²) in [5.74, 6) is -5.46. The predicted molar refractivity (Wildman–Crippen MR) is 88.1 cm³/mol. The predicted octanol–water partition coefficient (Wildman–Crippen LogP) is 3.39. The number of amides is 1. The molecule has 2 aliphatic carbocycles. The molecule has 2 aliphatic rings. The van der Waals surface area contributed by atoms with Crippen molar-refractivity contribution >= 4 is 12.1 Å². The molecule has 0 spiro atoms. The Morgan fingerprint density at radius 1 is 1.08 bits per heavy atom. The lowest BCUT2D eigenvalue weighted by Gasteiger charge is -2.17. The number of carbonyl (C=O) groups excluding carboxylic acids is 1. The number of carboxylic acid groups (broad SMARTS) is 1. The number of nitrogens with one attached hydrogen (secondary N) is 1. The van der Waals surface area contributed by atoms with Gasteiger partial charge in [0.2, 0.25) is 5.54 Å². The minimum absolute atomic E-state index is 0.0683. The van der Waals surface area contributed by atoms with Crippen LogP contribution in [0.1, 0.15) is 23.5 Å². The number of aliphatic carboxylic acids is 1. The van der Waals surface area contributed by atoms with Crippen LogP contribution in [0.5, 0.6) is 0 Å². The van der Waals surface area contributed by atoms with Crippen LogP contribution in [0, 0.1) is 0 Å². The fraction of sp³-hybridized carbons (Fsp3) is 0.263. The molecule has 1 saturated carbocycles. The highest BCUT2D eigenvalue weighted by atomic mass is 19.3. The fourth-order valence-corrected chi connectivity index (χ4v) is 3.52. The average Bonchev–Trinajstić information content (AvgIpc) is 3.03. The maximum absolute atomic E-state index is 13.3. The van der Waals surface area contributed by atoms with E-state index < -0.39 is 29.9 Å². The zero-order valence-electron chi connectivity index (χ0n) is 13.5. The van der Waals surface area contributed by atoms with Crippen molar-refractivity contribution in [1.29, 1.82) is 0 Å². The van der Waals surface area contributed by atoms with Gasteiger partial charge in [-0.05, 0) is 22.3 Å². The number of alkyl halides is 2. The Morgan fingerprint density at radius 3 is 2.04 bits per heavy atom. The smallest absolute Gasteiger partial charge is 0.408 e. The van der Waals surface area contributed by atoms with Crippen LogP contribution in [0.4, 0.5) is 13.6 Å². The van der Waals surface area contributed by atoms with Crippen LogP contribution in [0.2, 0.25) is 0 Å². The van der Waals surface area contributed by atoms with Crippen LogP contribution in [0.15, 0.2) is 48.5 Å². The molecule has 0 saturated heterocycles. The average molecular weight is 359 g/mol. The number of alkyl carbamates (subject to hydrolysis) is 1. The molecule has 2 aromatic carbocycles. The number of fused-ring (bicyclic) bond motifs is 3. The van der Waals surface area contributed by atoms with Gasteiger partial charge in [0.25, 0.3) is 5.92 Å². The minimum atomic E-state index is -3.47. The Hall–Kier alpha value is -2.96. The number of hydrogen-bond donors (Lipinski definition) is 2. The molecule has 1 atom stereocenters. The molecular formula is C19H15F2NO4. The van der Waals surface area contributed by atoms with Crippen LogP contribution >= 0.6 is 0 Å². The molecule has 0 radical (unpaired) electrons. The standard InChI is InChI=1S/C19H15F2NO4/c20-19(21)10-18(19,16(23)24)22-17(25)26-9-15-13-7-3-1-5-11(13)12-6-2-4-8-14(12)15/h1-8,15H,9-10H2,(H,22,25)(H,23,24). The van der Waals surface area contributed by atoms with E-state index in [1.54, 1.807) is 0 Å². The number of benzene rings is 2. The van der Waals surface area contributed by atoms with Gasteiger partial charge in [-0.2, -0.15) is 0 Å². The number of rotatable bonds is 4. The van der Waals surface area contributed by atoms with E-state index in [2.05, 4.69) is 0 Å². The van der Waals surface area contributed by atoms with Gasteiger partial charge in [-0.3, -0.25) is 5.32 Å². The van der Waals surface area contributed by atoms with E-state index in [9.17, 15) is 18.4 Å². The SMILES string of the molecule is O=C(NC1(C(=O)O)CC1(F)F)OCC1c2ccccc2-c2ccccc21. The summed E-state index contributed by atoms with van der Waals surface area (Å²) in [5, 5.41) is 10.8. The first kappa shape index (κ1) is 16.5. The summed E-state index contributed by atoms with van der Waals surface area (Å²) in [6.45, 7) is -0.0683. The van der Waals surface area contributed by atoms with Crippen molar-refractivity contribution in [1.82, 2.24) is 5.32 Å². The molecule has 2 N–H and O–H groups in total. The Morgan fingerprint density at radius 2 is 1.58 bits per heavy atom. The molecule has 5 nitrogen and oxygen atoms in total. The maximum atomic E-state index is 13.3. The normalized spacial score (nSPS) is 22.2. The highest BCUT2D eigenvalue weighted by Crippen LogP contribution is 2.53. The van der Waals surface area contributed by atoms with Crippen LogP contribution in [0.25, 0.3) is 11.1 Å². The summed E-state index contributed by atoms with van der Waals surface area (Å²) in [5.41, 5.74) is 1.47. The molecule has 0 heterocycles. The molecule has 26 heavy (non-hydrogen) atoms. The van der Waals surface area contributed by atoms with Gasteiger partial charge in [0, 0.05) is 5.92 Å². The second kappa shape index (κ2) is 5.52. The van der Waals surface area contributed by atoms with Crippen molar-refractivity contribution in [2.24, 2.45) is 0 Å². The molecule has 0 bridgehead atoms. The van der Waals surface area contributed by atoms with E-state index in [1.165, 1.54) is 0 Å². The number of hydrogen-bond acceptors (Lipinski definition) is 3. The Kier molecular flexibility index (Phi) is 3.50. The molecule has 7 heteroatoms. The van der Waals surface area contributed by atoms with Gasteiger partial charge in [0.1, 0.15) is 6.61 Å². The van der Waals surface area contributed by atoms with Gasteiger partial charge in [-0.1, -0.05) is 48.5 Å². The maximum Gasteiger partial charge on any atom is 0.408 e. The second-order valence-electron chi connectivity index (χ2n) is 6.54. The third-order valence-electron chi connectivity index (χ3n) is 5.01. The van der Waals surface area contributed by atoms with Crippen LogP contribution in [-0.4, -0.2) is 35.2 Å². The zero-order valence-corrected chi connectivity index (χ0v) is 13.5. The molecule has 1 unspecified atom stereocenters. The third-order valence-corrected chi connectivity index (χ3v) is 5.01. The van der Waals surface area contributed by atoms with Crippen molar-refractivity contribution in [3.8, 4) is 11.1 Å². The van der Waals surface area contributed by atoms with Crippen molar-refractivity contribution in [2.75, 3.05) is 6.61 Å². The summed E-state index contributed by atoms with van der Waals surface area (Å²) in [4.78, 5) is 23.0. The quantitative estimate of drug-likeness (QED) is 0.877. The van der Waals surface area contributed by atoms with E-state index in [0.717, 1.165) is 22.3 Å². The van der Waals surface area contributed by atoms with Gasteiger partial charge in [-0.15, -0.1) is 0 Å². The van der Waals surface area contributed by atoms with E-state index in [0.29, 0.717) is 0 Å². The van der Waals surface area contributed by atoms with Gasteiger partial charge in [-0.25, -0.2) is 18.4 Å². The Balaban J connectivity index is 1.50. The molecule has 1 fully saturated rings. The van der Waals surface area contributed by atoms with Gasteiger partial charge in [0.05, 0.1) is 6.42 Å². The number of carbonyl (C=O) groups is 2. The van der Waals surface area contributed by atoms with E-state index in [4.69, 9.17) is 9.84 Å². The lowest BCUT2D eigenvalue weighted by Crippen LogP contribution is -2.48. The van der Waals surface area contributed by atoms with Crippen molar-refractivity contribution in [3.05, 3.63) is 59.7 Å². The van der Waals surface area contributed by atoms with Crippen LogP contribution in [0.3, 0.4) is 0 Å². The first-order valence-electron chi connectivity index (χ1n) is 8.10. The van der Waals surface area contributed by atoms with E-state index in [1.807, 2.05) is 53.8 Å².